The molecule has 0 atom stereocenters. The van der Waals surface area contributed by atoms with Gasteiger partial charge in [0.15, 0.2) is 0 Å². The Morgan fingerprint density at radius 1 is 1.33 bits per heavy atom. The Balaban J connectivity index is 2.52. The molecule has 0 unspecified atom stereocenters. The van der Waals surface area contributed by atoms with E-state index in [1.54, 1.807) is 25.3 Å². The Morgan fingerprint density at radius 3 is 2.62 bits per heavy atom. The molecule has 24 heavy (non-hydrogen) atoms. The van der Waals surface area contributed by atoms with Crippen LogP contribution in [0, 0.1) is 0 Å². The standard InChI is InChI=1S/C17H21ClN2O3S/c1-17(2,3)20-9-11(10-22-4)16(24-20)19-15(21)13-8-12(18)6-7-14(13)23-5/h6-9H,10H2,1-5H3/b19-16-. The maximum absolute atomic E-state index is 12.6. The lowest BCUT2D eigenvalue weighted by Gasteiger charge is -2.19. The van der Waals surface area contributed by atoms with Crippen molar-refractivity contribution in [2.75, 3.05) is 14.2 Å². The van der Waals surface area contributed by atoms with Gasteiger partial charge in [0, 0.05) is 29.4 Å². The van der Waals surface area contributed by atoms with Gasteiger partial charge in [-0.1, -0.05) is 11.6 Å². The van der Waals surface area contributed by atoms with Gasteiger partial charge in [-0.3, -0.25) is 8.75 Å². The van der Waals surface area contributed by atoms with Gasteiger partial charge in [0.1, 0.15) is 10.4 Å². The summed E-state index contributed by atoms with van der Waals surface area (Å²) in [5.41, 5.74) is 1.11. The first-order chi connectivity index (χ1) is 11.3. The van der Waals surface area contributed by atoms with Crippen LogP contribution in [0.15, 0.2) is 29.4 Å². The van der Waals surface area contributed by atoms with Crippen molar-refractivity contribution in [2.24, 2.45) is 4.99 Å². The molecule has 0 bridgehead atoms. The molecule has 1 aromatic carbocycles. The first-order valence-electron chi connectivity index (χ1n) is 7.40. The van der Waals surface area contributed by atoms with Gasteiger partial charge in [-0.25, -0.2) is 0 Å². The van der Waals surface area contributed by atoms with Crippen LogP contribution >= 0.6 is 23.1 Å². The van der Waals surface area contributed by atoms with Crippen LogP contribution in [0.5, 0.6) is 5.75 Å². The molecule has 2 aromatic rings. The van der Waals surface area contributed by atoms with Crippen molar-refractivity contribution in [3.8, 4) is 5.75 Å². The summed E-state index contributed by atoms with van der Waals surface area (Å²) in [6.07, 6.45) is 1.97. The fourth-order valence-electron chi connectivity index (χ4n) is 2.05. The molecule has 130 valence electrons. The molecule has 0 saturated heterocycles. The van der Waals surface area contributed by atoms with Gasteiger partial charge in [-0.15, -0.1) is 0 Å². The number of carbonyl (C=O) groups is 1. The summed E-state index contributed by atoms with van der Waals surface area (Å²) in [5.74, 6) is 0.0521. The first kappa shape index (κ1) is 18.7. The smallest absolute Gasteiger partial charge is 0.282 e. The number of rotatable bonds is 4. The molecular formula is C17H21ClN2O3S. The zero-order chi connectivity index (χ0) is 17.9. The highest BCUT2D eigenvalue weighted by molar-refractivity contribution is 7.04. The van der Waals surface area contributed by atoms with E-state index in [-0.39, 0.29) is 5.54 Å². The predicted octanol–water partition coefficient (Wildman–Crippen LogP) is 3.85. The summed E-state index contributed by atoms with van der Waals surface area (Å²) < 4.78 is 13.1. The minimum atomic E-state index is -0.394. The lowest BCUT2D eigenvalue weighted by molar-refractivity contribution is 0.0995. The fraction of sp³-hybridized carbons (Fsp3) is 0.412. The lowest BCUT2D eigenvalue weighted by atomic mass is 10.1. The van der Waals surface area contributed by atoms with Gasteiger partial charge >= 0.3 is 0 Å². The van der Waals surface area contributed by atoms with Gasteiger partial charge in [-0.05, 0) is 50.5 Å². The van der Waals surface area contributed by atoms with E-state index in [9.17, 15) is 4.79 Å². The predicted molar refractivity (Wildman–Crippen MR) is 95.9 cm³/mol. The second kappa shape index (κ2) is 7.51. The van der Waals surface area contributed by atoms with Crippen LogP contribution < -0.4 is 9.41 Å². The molecule has 0 radical (unpaired) electrons. The van der Waals surface area contributed by atoms with Crippen LogP contribution in [0.3, 0.4) is 0 Å². The first-order valence-corrected chi connectivity index (χ1v) is 8.55. The highest BCUT2D eigenvalue weighted by Crippen LogP contribution is 2.23. The fourth-order valence-corrected chi connectivity index (χ4v) is 3.22. The van der Waals surface area contributed by atoms with E-state index in [4.69, 9.17) is 21.1 Å². The third-order valence-corrected chi connectivity index (χ3v) is 4.90. The summed E-state index contributed by atoms with van der Waals surface area (Å²) in [6.45, 7) is 6.65. The number of hydrogen-bond acceptors (Lipinski definition) is 4. The van der Waals surface area contributed by atoms with Crippen LogP contribution in [0.1, 0.15) is 36.7 Å². The van der Waals surface area contributed by atoms with Crippen molar-refractivity contribution in [3.05, 3.63) is 45.2 Å². The Bertz CT molecular complexity index is 803. The van der Waals surface area contributed by atoms with Crippen LogP contribution in [0.4, 0.5) is 0 Å². The Labute approximate surface area is 150 Å². The molecule has 1 heterocycles. The van der Waals surface area contributed by atoms with Crippen molar-refractivity contribution in [1.29, 1.82) is 0 Å². The number of benzene rings is 1. The summed E-state index contributed by atoms with van der Waals surface area (Å²) in [6, 6.07) is 4.89. The minimum Gasteiger partial charge on any atom is -0.496 e. The molecule has 0 fully saturated rings. The summed E-state index contributed by atoms with van der Waals surface area (Å²) in [7, 11) is 3.12. The van der Waals surface area contributed by atoms with Gasteiger partial charge in [0.25, 0.3) is 5.91 Å². The van der Waals surface area contributed by atoms with Crippen LogP contribution in [-0.4, -0.2) is 24.1 Å². The monoisotopic (exact) mass is 368 g/mol. The Morgan fingerprint density at radius 2 is 2.04 bits per heavy atom. The maximum Gasteiger partial charge on any atom is 0.282 e. The molecular weight excluding hydrogens is 348 g/mol. The highest BCUT2D eigenvalue weighted by Gasteiger charge is 2.17. The van der Waals surface area contributed by atoms with Gasteiger partial charge < -0.3 is 9.47 Å². The molecule has 2 rings (SSSR count). The molecule has 0 saturated carbocycles. The van der Waals surface area contributed by atoms with Crippen molar-refractivity contribution >= 4 is 29.0 Å². The number of aromatic nitrogens is 1. The van der Waals surface area contributed by atoms with Crippen LogP contribution in [0.25, 0.3) is 0 Å². The highest BCUT2D eigenvalue weighted by atomic mass is 35.5. The van der Waals surface area contributed by atoms with Crippen LogP contribution in [-0.2, 0) is 16.9 Å². The van der Waals surface area contributed by atoms with Crippen molar-refractivity contribution in [1.82, 2.24) is 3.96 Å². The van der Waals surface area contributed by atoms with Gasteiger partial charge in [0.05, 0.1) is 19.3 Å². The Kier molecular flexibility index (Phi) is 5.85. The number of nitrogens with zero attached hydrogens (tertiary/aromatic N) is 2. The quantitative estimate of drug-likeness (QED) is 0.823. The largest absolute Gasteiger partial charge is 0.496 e. The SMILES string of the molecule is COCc1cn(C(C)(C)C)s/c1=N\C(=O)c1cc(Cl)ccc1OC. The summed E-state index contributed by atoms with van der Waals surface area (Å²) in [5, 5.41) is 0.461. The third-order valence-electron chi connectivity index (χ3n) is 3.29. The molecule has 1 amide bonds. The number of halogens is 1. The Hall–Kier alpha value is -1.63. The topological polar surface area (TPSA) is 52.8 Å². The second-order valence-electron chi connectivity index (χ2n) is 6.24. The van der Waals surface area contributed by atoms with E-state index in [2.05, 4.69) is 29.7 Å². The van der Waals surface area contributed by atoms with E-state index >= 15 is 0 Å². The zero-order valence-corrected chi connectivity index (χ0v) is 16.0. The molecule has 1 aromatic heterocycles. The van der Waals surface area contributed by atoms with Crippen molar-refractivity contribution < 1.29 is 14.3 Å². The maximum atomic E-state index is 12.6. The number of ether oxygens (including phenoxy) is 2. The normalized spacial score (nSPS) is 12.5. The van der Waals surface area contributed by atoms with E-state index < -0.39 is 5.91 Å². The van der Waals surface area contributed by atoms with E-state index in [1.807, 2.05) is 6.20 Å². The zero-order valence-electron chi connectivity index (χ0n) is 14.4. The lowest BCUT2D eigenvalue weighted by Crippen LogP contribution is -2.18. The van der Waals surface area contributed by atoms with Gasteiger partial charge in [0.2, 0.25) is 0 Å². The van der Waals surface area contributed by atoms with Gasteiger partial charge in [-0.2, -0.15) is 4.99 Å². The third kappa shape index (κ3) is 4.26. The van der Waals surface area contributed by atoms with E-state index in [0.29, 0.717) is 27.6 Å². The molecule has 5 nitrogen and oxygen atoms in total. The average molecular weight is 369 g/mol. The molecule has 0 aliphatic heterocycles. The average Bonchev–Trinajstić information content (AvgIpc) is 2.90. The number of carbonyl (C=O) groups excluding carboxylic acids is 1. The number of amides is 1. The second-order valence-corrected chi connectivity index (χ2v) is 7.64. The van der Waals surface area contributed by atoms with Crippen LogP contribution in [0.2, 0.25) is 5.02 Å². The minimum absolute atomic E-state index is 0.0995. The summed E-state index contributed by atoms with van der Waals surface area (Å²) in [4.78, 5) is 16.9. The molecule has 7 heteroatoms. The molecule has 0 N–H and O–H groups in total. The van der Waals surface area contributed by atoms with Crippen molar-refractivity contribution in [3.63, 3.8) is 0 Å². The molecule has 0 aliphatic rings. The summed E-state index contributed by atoms with van der Waals surface area (Å²) >= 11 is 7.42. The van der Waals surface area contributed by atoms with E-state index in [0.717, 1.165) is 5.56 Å². The molecule has 0 aliphatic carbocycles. The number of hydrogen-bond donors (Lipinski definition) is 0. The number of methoxy groups -OCH3 is 2. The molecule has 0 spiro atoms. The van der Waals surface area contributed by atoms with E-state index in [1.165, 1.54) is 18.6 Å². The van der Waals surface area contributed by atoms with Crippen molar-refractivity contribution in [2.45, 2.75) is 32.9 Å².